The largest absolute Gasteiger partial charge is 0.118 e. The van der Waals surface area contributed by atoms with Gasteiger partial charge in [-0.2, -0.15) is 0 Å². The van der Waals surface area contributed by atoms with Gasteiger partial charge >= 0.3 is 0 Å². The van der Waals surface area contributed by atoms with Gasteiger partial charge in [0, 0.05) is 0 Å². The van der Waals surface area contributed by atoms with E-state index in [0.29, 0.717) is 11.8 Å². The Balaban J connectivity index is 1.60. The molecule has 0 spiro atoms. The van der Waals surface area contributed by atoms with Crippen LogP contribution < -0.4 is 0 Å². The second-order valence-corrected chi connectivity index (χ2v) is 9.46. The van der Waals surface area contributed by atoms with Gasteiger partial charge in [0.05, 0.1) is 5.38 Å². The van der Waals surface area contributed by atoms with Crippen molar-refractivity contribution < 1.29 is 0 Å². The van der Waals surface area contributed by atoms with Crippen molar-refractivity contribution in [3.05, 3.63) is 119 Å². The molecule has 3 unspecified atom stereocenters. The van der Waals surface area contributed by atoms with Crippen LogP contribution in [0.25, 0.3) is 22.8 Å². The number of benzene rings is 3. The Morgan fingerprint density at radius 3 is 2.35 bits per heavy atom. The third-order valence-electron chi connectivity index (χ3n) is 7.20. The molecule has 6 rings (SSSR count). The molecule has 0 aliphatic heterocycles. The molecule has 0 amide bonds. The smallest absolute Gasteiger partial charge is 0.0559 e. The molecular weight excluding hydrogens is 396 g/mol. The van der Waals surface area contributed by atoms with Crippen molar-refractivity contribution in [2.24, 2.45) is 5.92 Å². The van der Waals surface area contributed by atoms with Crippen molar-refractivity contribution in [2.75, 3.05) is 0 Å². The van der Waals surface area contributed by atoms with Crippen LogP contribution in [0, 0.1) is 5.92 Å². The predicted octanol–water partition coefficient (Wildman–Crippen LogP) is 7.83. The molecule has 3 atom stereocenters. The fourth-order valence-corrected chi connectivity index (χ4v) is 5.99. The number of hydrogen-bond acceptors (Lipinski definition) is 0. The lowest BCUT2D eigenvalue weighted by molar-refractivity contribution is 0.501. The average molecular weight is 421 g/mol. The van der Waals surface area contributed by atoms with Crippen molar-refractivity contribution in [1.29, 1.82) is 0 Å². The normalized spacial score (nSPS) is 23.5. The zero-order valence-electron chi connectivity index (χ0n) is 17.5. The molecule has 0 saturated carbocycles. The molecule has 3 aliphatic carbocycles. The number of hydrogen-bond donors (Lipinski definition) is 0. The van der Waals surface area contributed by atoms with E-state index in [2.05, 4.69) is 97.1 Å². The Morgan fingerprint density at radius 2 is 1.55 bits per heavy atom. The molecule has 3 aliphatic rings. The molecule has 3 aromatic carbocycles. The maximum Gasteiger partial charge on any atom is 0.0559 e. The molecule has 0 fully saturated rings. The first-order chi connectivity index (χ1) is 15.3. The lowest BCUT2D eigenvalue weighted by Gasteiger charge is -2.39. The first kappa shape index (κ1) is 18.9. The molecule has 31 heavy (non-hydrogen) atoms. The average Bonchev–Trinajstić information content (AvgIpc) is 2.84. The fourth-order valence-electron chi connectivity index (χ4n) is 5.76. The second-order valence-electron chi connectivity index (χ2n) is 8.90. The Bertz CT molecular complexity index is 1210. The van der Waals surface area contributed by atoms with E-state index in [9.17, 15) is 0 Å². The molecule has 0 heterocycles. The minimum absolute atomic E-state index is 0.0655. The minimum atomic E-state index is 0.0655. The summed E-state index contributed by atoms with van der Waals surface area (Å²) >= 11 is 6.66. The maximum absolute atomic E-state index is 6.66. The highest BCUT2D eigenvalue weighted by molar-refractivity contribution is 6.22. The van der Waals surface area contributed by atoms with Crippen LogP contribution in [0.5, 0.6) is 0 Å². The third-order valence-corrected chi connectivity index (χ3v) is 7.50. The zero-order valence-corrected chi connectivity index (χ0v) is 18.2. The van der Waals surface area contributed by atoms with Crippen LogP contribution in [0.2, 0.25) is 0 Å². The van der Waals surface area contributed by atoms with Crippen molar-refractivity contribution in [3.8, 4) is 11.1 Å². The van der Waals surface area contributed by atoms with Gasteiger partial charge < -0.3 is 0 Å². The van der Waals surface area contributed by atoms with Crippen LogP contribution in [-0.4, -0.2) is 5.38 Å². The van der Waals surface area contributed by atoms with Gasteiger partial charge in [-0.15, -0.1) is 11.6 Å². The van der Waals surface area contributed by atoms with Gasteiger partial charge in [0.1, 0.15) is 0 Å². The van der Waals surface area contributed by atoms with E-state index in [1.54, 1.807) is 0 Å². The fraction of sp³-hybridized carbons (Fsp3) is 0.200. The monoisotopic (exact) mass is 420 g/mol. The Labute approximate surface area is 189 Å². The Kier molecular flexibility index (Phi) is 4.69. The molecule has 0 radical (unpaired) electrons. The summed E-state index contributed by atoms with van der Waals surface area (Å²) in [4.78, 5) is 0. The summed E-state index contributed by atoms with van der Waals surface area (Å²) in [6.45, 7) is 0. The second kappa shape index (κ2) is 7.70. The predicted molar refractivity (Wildman–Crippen MR) is 132 cm³/mol. The van der Waals surface area contributed by atoms with Crippen LogP contribution in [0.3, 0.4) is 0 Å². The van der Waals surface area contributed by atoms with Gasteiger partial charge in [0.2, 0.25) is 0 Å². The lowest BCUT2D eigenvalue weighted by Crippen LogP contribution is -2.26. The van der Waals surface area contributed by atoms with Crippen molar-refractivity contribution in [2.45, 2.75) is 30.6 Å². The molecule has 1 heteroatoms. The summed E-state index contributed by atoms with van der Waals surface area (Å²) in [5.74, 6) is 1.05. The summed E-state index contributed by atoms with van der Waals surface area (Å²) in [5, 5.41) is 0.0655. The van der Waals surface area contributed by atoms with Crippen LogP contribution >= 0.6 is 11.6 Å². The standard InChI is InChI=1S/C30H25Cl/c31-22-15-16-25-27(21-11-5-2-6-12-21)18-29-24-14-8-7-13-23(24)26(19-30(29)28(25)17-22)20-9-3-1-4-10-20/h1-12,14-16,18,22-23,26H,13,17,19H2. The number of allylic oxidation sites excluding steroid dienone is 5. The van der Waals surface area contributed by atoms with E-state index < -0.39 is 0 Å². The summed E-state index contributed by atoms with van der Waals surface area (Å²) in [6, 6.07) is 24.4. The molecule has 0 nitrogen and oxygen atoms in total. The third kappa shape index (κ3) is 3.22. The topological polar surface area (TPSA) is 0 Å². The number of halogens is 1. The van der Waals surface area contributed by atoms with E-state index >= 15 is 0 Å². The van der Waals surface area contributed by atoms with Crippen molar-refractivity contribution in [3.63, 3.8) is 0 Å². The zero-order chi connectivity index (χ0) is 20.8. The van der Waals surface area contributed by atoms with Gasteiger partial charge in [-0.05, 0) is 81.7 Å². The van der Waals surface area contributed by atoms with Gasteiger partial charge in [-0.25, -0.2) is 0 Å². The van der Waals surface area contributed by atoms with Crippen LogP contribution in [0.1, 0.15) is 40.2 Å². The first-order valence-corrected chi connectivity index (χ1v) is 11.7. The Morgan fingerprint density at radius 1 is 0.774 bits per heavy atom. The van der Waals surface area contributed by atoms with Crippen LogP contribution in [0.4, 0.5) is 0 Å². The highest BCUT2D eigenvalue weighted by atomic mass is 35.5. The van der Waals surface area contributed by atoms with E-state index in [4.69, 9.17) is 11.6 Å². The molecule has 152 valence electrons. The summed E-state index contributed by atoms with van der Waals surface area (Å²) in [5.41, 5.74) is 11.3. The molecule has 0 saturated heterocycles. The van der Waals surface area contributed by atoms with Crippen molar-refractivity contribution in [1.82, 2.24) is 0 Å². The van der Waals surface area contributed by atoms with E-state index in [1.165, 1.54) is 44.5 Å². The molecule has 0 N–H and O–H groups in total. The van der Waals surface area contributed by atoms with Crippen LogP contribution in [-0.2, 0) is 12.8 Å². The van der Waals surface area contributed by atoms with Gasteiger partial charge in [0.15, 0.2) is 0 Å². The van der Waals surface area contributed by atoms with Gasteiger partial charge in [-0.1, -0.05) is 91.0 Å². The quantitative estimate of drug-likeness (QED) is 0.370. The summed E-state index contributed by atoms with van der Waals surface area (Å²) in [6.07, 6.45) is 14.5. The molecule has 3 aromatic rings. The highest BCUT2D eigenvalue weighted by Gasteiger charge is 2.36. The maximum atomic E-state index is 6.66. The minimum Gasteiger partial charge on any atom is -0.118 e. The van der Waals surface area contributed by atoms with Gasteiger partial charge in [-0.3, -0.25) is 0 Å². The highest BCUT2D eigenvalue weighted by Crippen LogP contribution is 2.50. The van der Waals surface area contributed by atoms with E-state index in [0.717, 1.165) is 19.3 Å². The summed E-state index contributed by atoms with van der Waals surface area (Å²) < 4.78 is 0. The molecular formula is C30H25Cl. The summed E-state index contributed by atoms with van der Waals surface area (Å²) in [7, 11) is 0. The van der Waals surface area contributed by atoms with Crippen LogP contribution in [0.15, 0.2) is 91.0 Å². The SMILES string of the molecule is ClC1C=Cc2c(-c3ccccc3)cc3c(c2C1)CC(c1ccccc1)C1CC=CC=C31. The van der Waals surface area contributed by atoms with E-state index in [1.807, 2.05) is 0 Å². The van der Waals surface area contributed by atoms with Crippen molar-refractivity contribution >= 4 is 23.3 Å². The first-order valence-electron chi connectivity index (χ1n) is 11.3. The van der Waals surface area contributed by atoms with Gasteiger partial charge in [0.25, 0.3) is 0 Å². The van der Waals surface area contributed by atoms with E-state index in [-0.39, 0.29) is 5.38 Å². The number of fused-ring (bicyclic) bond motifs is 5. The number of alkyl halides is 1. The molecule has 0 aromatic heterocycles. The number of rotatable bonds is 2. The Hall–Kier alpha value is -2.83. The molecule has 0 bridgehead atoms. The lowest BCUT2D eigenvalue weighted by atomic mass is 9.65.